The lowest BCUT2D eigenvalue weighted by Crippen LogP contribution is -1.64. The zero-order chi connectivity index (χ0) is 5.11. The van der Waals surface area contributed by atoms with Gasteiger partial charge < -0.3 is 4.42 Å². The number of hydrogen-bond acceptors (Lipinski definition) is 2. The fourth-order valence-electron chi connectivity index (χ4n) is 0.295. The van der Waals surface area contributed by atoms with Crippen LogP contribution in [0.2, 0.25) is 0 Å². The Morgan fingerprint density at radius 2 is 2.71 bits per heavy atom. The molecule has 0 fully saturated rings. The van der Waals surface area contributed by atoms with Crippen molar-refractivity contribution in [2.45, 2.75) is 0 Å². The normalized spacial score (nSPS) is 7.86. The lowest BCUT2D eigenvalue weighted by atomic mass is 10.7. The predicted molar refractivity (Wildman–Crippen MR) is 24.4 cm³/mol. The largest absolute Gasteiger partial charge is 0.439 e. The number of rotatable bonds is 0. The molecule has 2 nitrogen and oxygen atoms in total. The van der Waals surface area contributed by atoms with Gasteiger partial charge in [-0.05, 0) is 5.92 Å². The summed E-state index contributed by atoms with van der Waals surface area (Å²) in [5, 5.41) is 0. The van der Waals surface area contributed by atoms with E-state index in [0.717, 1.165) is 0 Å². The van der Waals surface area contributed by atoms with Crippen molar-refractivity contribution in [1.29, 1.82) is 0 Å². The molecular formula is C5H3NO. The van der Waals surface area contributed by atoms with E-state index in [1.165, 1.54) is 12.5 Å². The van der Waals surface area contributed by atoms with Crippen molar-refractivity contribution in [1.82, 2.24) is 4.98 Å². The number of hydrogen-bond donors (Lipinski definition) is 0. The van der Waals surface area contributed by atoms with Gasteiger partial charge in [-0.1, -0.05) is 0 Å². The summed E-state index contributed by atoms with van der Waals surface area (Å²) in [4.78, 5) is 3.63. The molecule has 0 amide bonds. The van der Waals surface area contributed by atoms with Crippen molar-refractivity contribution >= 4 is 0 Å². The van der Waals surface area contributed by atoms with Crippen LogP contribution in [-0.4, -0.2) is 4.98 Å². The topological polar surface area (TPSA) is 26.0 Å². The molecule has 0 N–H and O–H groups in total. The molecule has 0 saturated carbocycles. The number of oxazole rings is 1. The van der Waals surface area contributed by atoms with Crippen LogP contribution in [0.3, 0.4) is 0 Å². The number of terminal acetylenes is 1. The van der Waals surface area contributed by atoms with Crippen LogP contribution in [-0.2, 0) is 0 Å². The van der Waals surface area contributed by atoms with Gasteiger partial charge in [-0.15, -0.1) is 6.42 Å². The predicted octanol–water partition coefficient (Wildman–Crippen LogP) is 0.656. The van der Waals surface area contributed by atoms with Gasteiger partial charge in [0.05, 0.1) is 6.20 Å². The summed E-state index contributed by atoms with van der Waals surface area (Å²) in [6.45, 7) is 0. The Labute approximate surface area is 41.2 Å². The first-order valence-corrected chi connectivity index (χ1v) is 1.79. The Morgan fingerprint density at radius 1 is 1.86 bits per heavy atom. The molecule has 34 valence electrons. The molecule has 0 unspecified atom stereocenters. The quantitative estimate of drug-likeness (QED) is 0.441. The van der Waals surface area contributed by atoms with Crippen LogP contribution in [0.25, 0.3) is 0 Å². The fraction of sp³-hybridized carbons (Fsp3) is 0. The molecule has 7 heavy (non-hydrogen) atoms. The maximum absolute atomic E-state index is 4.89. The first-order valence-electron chi connectivity index (χ1n) is 1.79. The minimum absolute atomic E-state index is 0.333. The van der Waals surface area contributed by atoms with E-state index >= 15 is 0 Å². The molecular weight excluding hydrogens is 91.1 g/mol. The summed E-state index contributed by atoms with van der Waals surface area (Å²) in [7, 11) is 0. The molecule has 1 aromatic rings. The van der Waals surface area contributed by atoms with Gasteiger partial charge in [0.25, 0.3) is 5.89 Å². The van der Waals surface area contributed by atoms with Gasteiger partial charge in [0.2, 0.25) is 0 Å². The van der Waals surface area contributed by atoms with Gasteiger partial charge in [-0.2, -0.15) is 0 Å². The smallest absolute Gasteiger partial charge is 0.272 e. The van der Waals surface area contributed by atoms with Crippen LogP contribution < -0.4 is 0 Å². The van der Waals surface area contributed by atoms with Crippen molar-refractivity contribution in [2.75, 3.05) is 0 Å². The van der Waals surface area contributed by atoms with Gasteiger partial charge in [-0.3, -0.25) is 0 Å². The summed E-state index contributed by atoms with van der Waals surface area (Å²) in [6, 6.07) is 0. The van der Waals surface area contributed by atoms with Crippen molar-refractivity contribution in [3.05, 3.63) is 18.4 Å². The highest BCUT2D eigenvalue weighted by Crippen LogP contribution is 1.87. The van der Waals surface area contributed by atoms with Gasteiger partial charge >= 0.3 is 0 Å². The zero-order valence-corrected chi connectivity index (χ0v) is 3.59. The molecule has 2 heteroatoms. The second kappa shape index (κ2) is 1.48. The van der Waals surface area contributed by atoms with Crippen molar-refractivity contribution in [2.24, 2.45) is 0 Å². The molecule has 0 aromatic carbocycles. The molecule has 0 saturated heterocycles. The lowest BCUT2D eigenvalue weighted by Gasteiger charge is -1.67. The van der Waals surface area contributed by atoms with E-state index in [1.54, 1.807) is 0 Å². The Balaban J connectivity index is 3.04. The van der Waals surface area contributed by atoms with Gasteiger partial charge in [0.1, 0.15) is 6.26 Å². The highest BCUT2D eigenvalue weighted by molar-refractivity contribution is 5.10. The minimum Gasteiger partial charge on any atom is -0.439 e. The maximum atomic E-state index is 4.89. The lowest BCUT2D eigenvalue weighted by molar-refractivity contribution is 0.543. The van der Waals surface area contributed by atoms with E-state index in [4.69, 9.17) is 6.42 Å². The molecule has 0 aliphatic rings. The number of aromatic nitrogens is 1. The molecule has 1 heterocycles. The van der Waals surface area contributed by atoms with Crippen LogP contribution in [0.5, 0.6) is 0 Å². The highest BCUT2D eigenvalue weighted by atomic mass is 16.4. The van der Waals surface area contributed by atoms with E-state index in [-0.39, 0.29) is 0 Å². The average Bonchev–Trinajstić information content (AvgIpc) is 2.14. The number of nitrogens with zero attached hydrogens (tertiary/aromatic N) is 1. The molecule has 0 radical (unpaired) electrons. The van der Waals surface area contributed by atoms with E-state index in [0.29, 0.717) is 5.89 Å². The van der Waals surface area contributed by atoms with Crippen LogP contribution in [0.1, 0.15) is 5.89 Å². The molecule has 0 bridgehead atoms. The standard InChI is InChI=1S/C5H3NO/c1-2-5-6-3-4-7-5/h1,3-4H/i6+1. The Morgan fingerprint density at radius 3 is 3.00 bits per heavy atom. The van der Waals surface area contributed by atoms with Gasteiger partial charge in [-0.25, -0.2) is 4.98 Å². The molecule has 1 aromatic heterocycles. The molecule has 0 spiro atoms. The van der Waals surface area contributed by atoms with Crippen molar-refractivity contribution in [3.63, 3.8) is 0 Å². The third-order valence-corrected chi connectivity index (χ3v) is 0.556. The third kappa shape index (κ3) is 0.606. The second-order valence-corrected chi connectivity index (χ2v) is 0.982. The van der Waals surface area contributed by atoms with Crippen LogP contribution >= 0.6 is 0 Å². The van der Waals surface area contributed by atoms with Crippen LogP contribution in [0.4, 0.5) is 0 Å². The molecule has 0 aliphatic heterocycles. The summed E-state index contributed by atoms with van der Waals surface area (Å²) in [5.74, 6) is 2.56. The Kier molecular flexibility index (Phi) is 0.833. The summed E-state index contributed by atoms with van der Waals surface area (Å²) in [5.41, 5.74) is 0. The summed E-state index contributed by atoms with van der Waals surface area (Å²) < 4.78 is 4.64. The van der Waals surface area contributed by atoms with Crippen molar-refractivity contribution in [3.8, 4) is 12.3 Å². The SMILES string of the molecule is C#Cc1[15n]cco1. The van der Waals surface area contributed by atoms with Crippen LogP contribution in [0, 0.1) is 12.3 Å². The summed E-state index contributed by atoms with van der Waals surface area (Å²) in [6.07, 6.45) is 7.84. The van der Waals surface area contributed by atoms with Crippen LogP contribution in [0.15, 0.2) is 16.9 Å². The average molecular weight is 94.1 g/mol. The fourth-order valence-corrected chi connectivity index (χ4v) is 0.295. The van der Waals surface area contributed by atoms with E-state index in [1.807, 2.05) is 0 Å². The Bertz CT molecular complexity index is 170. The van der Waals surface area contributed by atoms with Crippen molar-refractivity contribution < 1.29 is 4.42 Å². The van der Waals surface area contributed by atoms with Gasteiger partial charge in [0.15, 0.2) is 0 Å². The second-order valence-electron chi connectivity index (χ2n) is 0.982. The molecule has 0 atom stereocenters. The summed E-state index contributed by atoms with van der Waals surface area (Å²) >= 11 is 0. The maximum Gasteiger partial charge on any atom is 0.272 e. The van der Waals surface area contributed by atoms with E-state index in [2.05, 4.69) is 15.3 Å². The third-order valence-electron chi connectivity index (χ3n) is 0.556. The van der Waals surface area contributed by atoms with E-state index in [9.17, 15) is 0 Å². The van der Waals surface area contributed by atoms with E-state index < -0.39 is 0 Å². The van der Waals surface area contributed by atoms with Gasteiger partial charge in [0, 0.05) is 0 Å². The molecule has 0 aliphatic carbocycles. The molecule has 1 rings (SSSR count). The highest BCUT2D eigenvalue weighted by Gasteiger charge is 1.82. The monoisotopic (exact) mass is 94.0 g/mol. The Hall–Kier alpha value is -1.23. The first kappa shape index (κ1) is 3.94. The first-order chi connectivity index (χ1) is 3.43. The minimum atomic E-state index is 0.333. The zero-order valence-electron chi connectivity index (χ0n) is 3.59.